The van der Waals surface area contributed by atoms with Crippen LogP contribution < -0.4 is 5.32 Å². The van der Waals surface area contributed by atoms with Crippen molar-refractivity contribution >= 4 is 5.91 Å². The molecule has 0 bridgehead atoms. The zero-order valence-electron chi connectivity index (χ0n) is 10.3. The molecule has 96 valence electrons. The lowest BCUT2D eigenvalue weighted by Gasteiger charge is -2.26. The second-order valence-corrected chi connectivity index (χ2v) is 4.62. The van der Waals surface area contributed by atoms with Crippen molar-refractivity contribution in [1.29, 1.82) is 5.26 Å². The molecule has 0 atom stereocenters. The minimum atomic E-state index is -0.753. The predicted octanol–water partition coefficient (Wildman–Crippen LogP) is 2.27. The Balaban J connectivity index is 2.83. The van der Waals surface area contributed by atoms with E-state index in [0.29, 0.717) is 0 Å². The molecule has 1 aromatic carbocycles. The number of nitrogens with zero attached hydrogens (tertiary/aromatic N) is 1. The van der Waals surface area contributed by atoms with Gasteiger partial charge in [0.2, 0.25) is 5.91 Å². The van der Waals surface area contributed by atoms with Crippen molar-refractivity contribution in [3.63, 3.8) is 0 Å². The Labute approximate surface area is 104 Å². The number of nitriles is 1. The summed E-state index contributed by atoms with van der Waals surface area (Å²) < 4.78 is 26.7. The van der Waals surface area contributed by atoms with Crippen molar-refractivity contribution < 1.29 is 13.6 Å². The summed E-state index contributed by atoms with van der Waals surface area (Å²) in [6, 6.07) is 4.94. The lowest BCUT2D eigenvalue weighted by atomic mass is 9.84. The molecule has 0 saturated carbocycles. The van der Waals surface area contributed by atoms with E-state index in [1.165, 1.54) is 0 Å². The Bertz CT molecular complexity index is 492. The minimum absolute atomic E-state index is 0.133. The molecule has 1 rings (SSSR count). The van der Waals surface area contributed by atoms with Gasteiger partial charge in [-0.25, -0.2) is 8.78 Å². The summed E-state index contributed by atoms with van der Waals surface area (Å²) in [6.45, 7) is 3.52. The van der Waals surface area contributed by atoms with Crippen LogP contribution in [0.5, 0.6) is 0 Å². The Morgan fingerprint density at radius 3 is 2.72 bits per heavy atom. The predicted molar refractivity (Wildman–Crippen MR) is 62.6 cm³/mol. The first-order valence-electron chi connectivity index (χ1n) is 5.46. The molecule has 1 amide bonds. The van der Waals surface area contributed by atoms with E-state index < -0.39 is 23.0 Å². The van der Waals surface area contributed by atoms with E-state index in [1.54, 1.807) is 19.9 Å². The molecular formula is C13H14F2N2O. The second kappa shape index (κ2) is 5.58. The molecule has 0 aliphatic heterocycles. The maximum absolute atomic E-state index is 13.6. The first-order chi connectivity index (χ1) is 8.36. The summed E-state index contributed by atoms with van der Waals surface area (Å²) in [7, 11) is 0. The van der Waals surface area contributed by atoms with Crippen molar-refractivity contribution in [2.45, 2.75) is 25.7 Å². The maximum atomic E-state index is 13.6. The van der Waals surface area contributed by atoms with Gasteiger partial charge in [-0.3, -0.25) is 4.79 Å². The molecule has 3 nitrogen and oxygen atoms in total. The highest BCUT2D eigenvalue weighted by Gasteiger charge is 2.25. The SMILES string of the molecule is CC(C)(CNC(=O)CC#N)c1cc(F)ccc1F. The highest BCUT2D eigenvalue weighted by Crippen LogP contribution is 2.25. The fourth-order valence-electron chi connectivity index (χ4n) is 1.57. The molecular weight excluding hydrogens is 238 g/mol. The van der Waals surface area contributed by atoms with Gasteiger partial charge in [0.25, 0.3) is 0 Å². The van der Waals surface area contributed by atoms with Gasteiger partial charge in [0.15, 0.2) is 0 Å². The van der Waals surface area contributed by atoms with Crippen molar-refractivity contribution in [1.82, 2.24) is 5.32 Å². The highest BCUT2D eigenvalue weighted by atomic mass is 19.1. The highest BCUT2D eigenvalue weighted by molar-refractivity contribution is 5.78. The number of nitrogens with one attached hydrogen (secondary N) is 1. The lowest BCUT2D eigenvalue weighted by Crippen LogP contribution is -2.37. The van der Waals surface area contributed by atoms with Crippen LogP contribution >= 0.6 is 0 Å². The van der Waals surface area contributed by atoms with Crippen LogP contribution in [0.25, 0.3) is 0 Å². The van der Waals surface area contributed by atoms with Gasteiger partial charge in [-0.1, -0.05) is 13.8 Å². The first-order valence-corrected chi connectivity index (χ1v) is 5.46. The van der Waals surface area contributed by atoms with Crippen LogP contribution in [0, 0.1) is 23.0 Å². The molecule has 0 heterocycles. The Morgan fingerprint density at radius 2 is 2.11 bits per heavy atom. The maximum Gasteiger partial charge on any atom is 0.234 e. The van der Waals surface area contributed by atoms with Crippen LogP contribution in [0.3, 0.4) is 0 Å². The number of benzene rings is 1. The van der Waals surface area contributed by atoms with Gasteiger partial charge in [0, 0.05) is 12.0 Å². The van der Waals surface area contributed by atoms with Crippen molar-refractivity contribution in [2.24, 2.45) is 0 Å². The van der Waals surface area contributed by atoms with Crippen LogP contribution in [-0.2, 0) is 10.2 Å². The van der Waals surface area contributed by atoms with E-state index in [1.807, 2.05) is 0 Å². The molecule has 0 aromatic heterocycles. The lowest BCUT2D eigenvalue weighted by molar-refractivity contribution is -0.120. The molecule has 0 spiro atoms. The molecule has 0 radical (unpaired) electrons. The Hall–Kier alpha value is -1.96. The third-order valence-corrected chi connectivity index (χ3v) is 2.62. The number of hydrogen-bond donors (Lipinski definition) is 1. The van der Waals surface area contributed by atoms with Gasteiger partial charge >= 0.3 is 0 Å². The summed E-state index contributed by atoms with van der Waals surface area (Å²) in [6.07, 6.45) is -0.248. The molecule has 1 aromatic rings. The van der Waals surface area contributed by atoms with Crippen molar-refractivity contribution in [3.8, 4) is 6.07 Å². The average Bonchev–Trinajstić information content (AvgIpc) is 2.30. The third kappa shape index (κ3) is 3.52. The number of carbonyl (C=O) groups is 1. The Kier molecular flexibility index (Phi) is 4.38. The molecule has 0 aliphatic rings. The molecule has 5 heteroatoms. The normalized spacial score (nSPS) is 10.8. The number of rotatable bonds is 4. The van der Waals surface area contributed by atoms with Crippen molar-refractivity contribution in [2.75, 3.05) is 6.54 Å². The van der Waals surface area contributed by atoms with Crippen molar-refractivity contribution in [3.05, 3.63) is 35.4 Å². The molecule has 0 saturated heterocycles. The number of carbonyl (C=O) groups excluding carboxylic acids is 1. The molecule has 18 heavy (non-hydrogen) atoms. The Morgan fingerprint density at radius 1 is 1.44 bits per heavy atom. The van der Waals surface area contributed by atoms with Gasteiger partial charge in [0.05, 0.1) is 6.07 Å². The standard InChI is InChI=1S/C13H14F2N2O/c1-13(2,8-17-12(18)5-6-16)10-7-9(14)3-4-11(10)15/h3-4,7H,5,8H2,1-2H3,(H,17,18). The number of halogens is 2. The first kappa shape index (κ1) is 14.1. The molecule has 1 N–H and O–H groups in total. The van der Waals surface area contributed by atoms with Crippen LogP contribution in [0.15, 0.2) is 18.2 Å². The van der Waals surface area contributed by atoms with E-state index in [2.05, 4.69) is 5.32 Å². The van der Waals surface area contributed by atoms with Gasteiger partial charge in [-0.15, -0.1) is 0 Å². The van der Waals surface area contributed by atoms with E-state index >= 15 is 0 Å². The summed E-state index contributed by atoms with van der Waals surface area (Å²) in [5.41, 5.74) is -0.558. The fourth-order valence-corrected chi connectivity index (χ4v) is 1.57. The smallest absolute Gasteiger partial charge is 0.234 e. The zero-order chi connectivity index (χ0) is 13.8. The third-order valence-electron chi connectivity index (χ3n) is 2.62. The van der Waals surface area contributed by atoms with Crippen LogP contribution in [0.2, 0.25) is 0 Å². The summed E-state index contributed by atoms with van der Waals surface area (Å²) in [5, 5.41) is 10.9. The van der Waals surface area contributed by atoms with E-state index in [4.69, 9.17) is 5.26 Å². The molecule has 0 fully saturated rings. The van der Waals surface area contributed by atoms with Gasteiger partial charge in [-0.05, 0) is 23.8 Å². The molecule has 0 unspecified atom stereocenters. The topological polar surface area (TPSA) is 52.9 Å². The van der Waals surface area contributed by atoms with Gasteiger partial charge in [0.1, 0.15) is 18.1 Å². The van der Waals surface area contributed by atoms with Gasteiger partial charge in [-0.2, -0.15) is 5.26 Å². The second-order valence-electron chi connectivity index (χ2n) is 4.62. The average molecular weight is 252 g/mol. The monoisotopic (exact) mass is 252 g/mol. The van der Waals surface area contributed by atoms with Gasteiger partial charge < -0.3 is 5.32 Å². The van der Waals surface area contributed by atoms with E-state index in [0.717, 1.165) is 18.2 Å². The van der Waals surface area contributed by atoms with Crippen LogP contribution in [0.1, 0.15) is 25.8 Å². The summed E-state index contributed by atoms with van der Waals surface area (Å²) >= 11 is 0. The largest absolute Gasteiger partial charge is 0.354 e. The number of hydrogen-bond acceptors (Lipinski definition) is 2. The molecule has 0 aliphatic carbocycles. The summed E-state index contributed by atoms with van der Waals surface area (Å²) in [4.78, 5) is 11.2. The number of amides is 1. The quantitative estimate of drug-likeness (QED) is 0.893. The van der Waals surface area contributed by atoms with Crippen LogP contribution in [-0.4, -0.2) is 12.5 Å². The van der Waals surface area contributed by atoms with E-state index in [9.17, 15) is 13.6 Å². The van der Waals surface area contributed by atoms with E-state index in [-0.39, 0.29) is 18.5 Å². The van der Waals surface area contributed by atoms with Crippen LogP contribution in [0.4, 0.5) is 8.78 Å². The minimum Gasteiger partial charge on any atom is -0.354 e. The zero-order valence-corrected chi connectivity index (χ0v) is 10.3. The summed E-state index contributed by atoms with van der Waals surface area (Å²) in [5.74, 6) is -1.47. The fraction of sp³-hybridized carbons (Fsp3) is 0.385.